The SMILES string of the molecule is CCCCC1CCCCC1CC(=O)C(=N)CCC(=O)C1CCCCCCC1. The Balaban J connectivity index is 1.75. The van der Waals surface area contributed by atoms with Crippen LogP contribution in [0.25, 0.3) is 0 Å². The maximum atomic E-state index is 12.6. The smallest absolute Gasteiger partial charge is 0.176 e. The number of Topliss-reactive ketones (excluding diaryl/α,β-unsaturated/α-hetero) is 2. The molecule has 2 aliphatic rings. The molecule has 0 spiro atoms. The Bertz CT molecular complexity index is 477. The molecule has 0 heterocycles. The number of rotatable bonds is 10. The first-order valence-electron chi connectivity index (χ1n) is 11.7. The number of carbonyl (C=O) groups excluding carboxylic acids is 2. The molecular weight excluding hydrogens is 334 g/mol. The summed E-state index contributed by atoms with van der Waals surface area (Å²) in [5.41, 5.74) is 0.203. The second-order valence-corrected chi connectivity index (χ2v) is 9.06. The van der Waals surface area contributed by atoms with Gasteiger partial charge in [-0.05, 0) is 37.5 Å². The number of ketones is 2. The van der Waals surface area contributed by atoms with Gasteiger partial charge in [-0.3, -0.25) is 9.59 Å². The van der Waals surface area contributed by atoms with Crippen LogP contribution in [0.1, 0.15) is 116 Å². The predicted octanol–water partition coefficient (Wildman–Crippen LogP) is 6.67. The first-order valence-corrected chi connectivity index (χ1v) is 11.7. The monoisotopic (exact) mass is 375 g/mol. The summed E-state index contributed by atoms with van der Waals surface area (Å²) in [6, 6.07) is 0. The predicted molar refractivity (Wildman–Crippen MR) is 112 cm³/mol. The quantitative estimate of drug-likeness (QED) is 0.433. The maximum Gasteiger partial charge on any atom is 0.176 e. The first-order chi connectivity index (χ1) is 13.1. The summed E-state index contributed by atoms with van der Waals surface area (Å²) in [6.45, 7) is 2.23. The highest BCUT2D eigenvalue weighted by Crippen LogP contribution is 2.36. The van der Waals surface area contributed by atoms with Gasteiger partial charge in [-0.25, -0.2) is 0 Å². The zero-order chi connectivity index (χ0) is 19.5. The van der Waals surface area contributed by atoms with Gasteiger partial charge in [0.15, 0.2) is 5.78 Å². The van der Waals surface area contributed by atoms with Crippen LogP contribution in [0, 0.1) is 23.2 Å². The molecule has 0 aromatic heterocycles. The summed E-state index contributed by atoms with van der Waals surface area (Å²) < 4.78 is 0. The van der Waals surface area contributed by atoms with Gasteiger partial charge in [0.1, 0.15) is 5.78 Å². The van der Waals surface area contributed by atoms with Crippen LogP contribution < -0.4 is 0 Å². The van der Waals surface area contributed by atoms with Crippen molar-refractivity contribution >= 4 is 17.3 Å². The number of unbranched alkanes of at least 4 members (excludes halogenated alkanes) is 1. The molecule has 0 aliphatic heterocycles. The summed E-state index contributed by atoms with van der Waals surface area (Å²) in [5, 5.41) is 8.20. The van der Waals surface area contributed by atoms with Gasteiger partial charge < -0.3 is 5.41 Å². The minimum Gasteiger partial charge on any atom is -0.302 e. The number of hydrogen-bond acceptors (Lipinski definition) is 3. The Morgan fingerprint density at radius 1 is 0.815 bits per heavy atom. The van der Waals surface area contributed by atoms with Gasteiger partial charge >= 0.3 is 0 Å². The molecule has 0 radical (unpaired) electrons. The van der Waals surface area contributed by atoms with E-state index in [1.54, 1.807) is 0 Å². The second kappa shape index (κ2) is 12.5. The molecule has 0 saturated heterocycles. The molecule has 0 aromatic rings. The molecule has 3 heteroatoms. The summed E-state index contributed by atoms with van der Waals surface area (Å²) in [5.74, 6) is 1.64. The zero-order valence-electron chi connectivity index (χ0n) is 17.6. The lowest BCUT2D eigenvalue weighted by molar-refractivity contribution is -0.123. The van der Waals surface area contributed by atoms with E-state index in [1.165, 1.54) is 57.8 Å². The third-order valence-corrected chi connectivity index (χ3v) is 6.96. The average Bonchev–Trinajstić information content (AvgIpc) is 2.64. The fourth-order valence-electron chi connectivity index (χ4n) is 5.13. The van der Waals surface area contributed by atoms with Gasteiger partial charge in [0.25, 0.3) is 0 Å². The van der Waals surface area contributed by atoms with E-state index in [0.717, 1.165) is 32.1 Å². The maximum absolute atomic E-state index is 12.6. The number of nitrogens with one attached hydrogen (secondary N) is 1. The molecule has 0 amide bonds. The highest BCUT2D eigenvalue weighted by Gasteiger charge is 2.28. The molecule has 1 N–H and O–H groups in total. The van der Waals surface area contributed by atoms with E-state index in [-0.39, 0.29) is 17.4 Å². The zero-order valence-corrected chi connectivity index (χ0v) is 17.6. The Morgan fingerprint density at radius 3 is 2.07 bits per heavy atom. The van der Waals surface area contributed by atoms with E-state index in [9.17, 15) is 9.59 Å². The van der Waals surface area contributed by atoms with Crippen molar-refractivity contribution < 1.29 is 9.59 Å². The van der Waals surface area contributed by atoms with Crippen molar-refractivity contribution in [3.05, 3.63) is 0 Å². The average molecular weight is 376 g/mol. The van der Waals surface area contributed by atoms with Gasteiger partial charge in [-0.2, -0.15) is 0 Å². The lowest BCUT2D eigenvalue weighted by Gasteiger charge is -2.31. The van der Waals surface area contributed by atoms with Gasteiger partial charge in [-0.1, -0.05) is 77.6 Å². The van der Waals surface area contributed by atoms with Gasteiger partial charge in [0.05, 0.1) is 5.71 Å². The number of hydrogen-bond donors (Lipinski definition) is 1. The van der Waals surface area contributed by atoms with Crippen LogP contribution in [0.15, 0.2) is 0 Å². The third-order valence-electron chi connectivity index (χ3n) is 6.96. The molecule has 2 saturated carbocycles. The van der Waals surface area contributed by atoms with E-state index < -0.39 is 0 Å². The van der Waals surface area contributed by atoms with E-state index in [1.807, 2.05) is 0 Å². The molecule has 2 unspecified atom stereocenters. The van der Waals surface area contributed by atoms with Crippen LogP contribution >= 0.6 is 0 Å². The minimum absolute atomic E-state index is 0.00821. The molecule has 2 aliphatic carbocycles. The topological polar surface area (TPSA) is 58.0 Å². The van der Waals surface area contributed by atoms with Gasteiger partial charge in [-0.15, -0.1) is 0 Å². The van der Waals surface area contributed by atoms with Gasteiger partial charge in [0, 0.05) is 18.8 Å². The molecule has 0 aromatic carbocycles. The normalized spacial score (nSPS) is 24.8. The fourth-order valence-corrected chi connectivity index (χ4v) is 5.13. The van der Waals surface area contributed by atoms with Crippen molar-refractivity contribution in [3.8, 4) is 0 Å². The molecule has 2 atom stereocenters. The summed E-state index contributed by atoms with van der Waals surface area (Å²) in [6.07, 6.45) is 18.1. The van der Waals surface area contributed by atoms with E-state index >= 15 is 0 Å². The van der Waals surface area contributed by atoms with E-state index in [4.69, 9.17) is 5.41 Å². The second-order valence-electron chi connectivity index (χ2n) is 9.06. The van der Waals surface area contributed by atoms with Gasteiger partial charge in [0.2, 0.25) is 0 Å². The Labute approximate surface area is 166 Å². The first kappa shape index (κ1) is 22.3. The van der Waals surface area contributed by atoms with E-state index in [2.05, 4.69) is 6.92 Å². The van der Waals surface area contributed by atoms with Crippen molar-refractivity contribution in [2.45, 2.75) is 116 Å². The highest BCUT2D eigenvalue weighted by molar-refractivity contribution is 6.38. The van der Waals surface area contributed by atoms with Crippen molar-refractivity contribution in [3.63, 3.8) is 0 Å². The van der Waals surface area contributed by atoms with Crippen molar-refractivity contribution in [2.75, 3.05) is 0 Å². The molecule has 2 fully saturated rings. The lowest BCUT2D eigenvalue weighted by atomic mass is 9.74. The highest BCUT2D eigenvalue weighted by atomic mass is 16.1. The van der Waals surface area contributed by atoms with Crippen LogP contribution in [0.2, 0.25) is 0 Å². The van der Waals surface area contributed by atoms with Crippen molar-refractivity contribution in [2.24, 2.45) is 17.8 Å². The number of carbonyl (C=O) groups is 2. The molecule has 0 bridgehead atoms. The van der Waals surface area contributed by atoms with Crippen LogP contribution in [0.5, 0.6) is 0 Å². The van der Waals surface area contributed by atoms with Crippen molar-refractivity contribution in [1.29, 1.82) is 5.41 Å². The Kier molecular flexibility index (Phi) is 10.3. The standard InChI is InChI=1S/C24H41NO2/c1-2-3-11-19-12-9-10-15-21(19)18-24(27)22(25)16-17-23(26)20-13-7-5-4-6-8-14-20/h19-21,25H,2-18H2,1H3. The Hall–Kier alpha value is -0.990. The summed E-state index contributed by atoms with van der Waals surface area (Å²) >= 11 is 0. The summed E-state index contributed by atoms with van der Waals surface area (Å²) in [4.78, 5) is 25.1. The fraction of sp³-hybridized carbons (Fsp3) is 0.875. The molecule has 27 heavy (non-hydrogen) atoms. The Morgan fingerprint density at radius 2 is 1.41 bits per heavy atom. The van der Waals surface area contributed by atoms with Crippen LogP contribution in [-0.2, 0) is 9.59 Å². The molecule has 2 rings (SSSR count). The largest absolute Gasteiger partial charge is 0.302 e. The van der Waals surface area contributed by atoms with Crippen LogP contribution in [-0.4, -0.2) is 17.3 Å². The van der Waals surface area contributed by atoms with Crippen LogP contribution in [0.3, 0.4) is 0 Å². The molecule has 3 nitrogen and oxygen atoms in total. The third kappa shape index (κ3) is 7.87. The van der Waals surface area contributed by atoms with E-state index in [0.29, 0.717) is 36.9 Å². The minimum atomic E-state index is 0.00821. The lowest BCUT2D eigenvalue weighted by Crippen LogP contribution is -2.26. The van der Waals surface area contributed by atoms with Crippen molar-refractivity contribution in [1.82, 2.24) is 0 Å². The summed E-state index contributed by atoms with van der Waals surface area (Å²) in [7, 11) is 0. The molecule has 154 valence electrons. The molecular formula is C24H41NO2. The van der Waals surface area contributed by atoms with Crippen LogP contribution in [0.4, 0.5) is 0 Å².